The SMILES string of the molecule is CC=C(C)CCC(Cl)c1ccccc1. The Morgan fingerprint density at radius 3 is 2.57 bits per heavy atom. The lowest BCUT2D eigenvalue weighted by Gasteiger charge is -2.09. The molecule has 1 rings (SSSR count). The third kappa shape index (κ3) is 3.55. The van der Waals surface area contributed by atoms with Gasteiger partial charge in [0.25, 0.3) is 0 Å². The molecule has 1 aromatic carbocycles. The largest absolute Gasteiger partial charge is 0.118 e. The van der Waals surface area contributed by atoms with E-state index < -0.39 is 0 Å². The van der Waals surface area contributed by atoms with Crippen molar-refractivity contribution in [3.8, 4) is 0 Å². The molecule has 0 saturated heterocycles. The Morgan fingerprint density at radius 2 is 2.00 bits per heavy atom. The van der Waals surface area contributed by atoms with Crippen LogP contribution in [0.1, 0.15) is 37.6 Å². The minimum atomic E-state index is 0.145. The van der Waals surface area contributed by atoms with Crippen LogP contribution in [0.5, 0.6) is 0 Å². The molecule has 0 aromatic heterocycles. The summed E-state index contributed by atoms with van der Waals surface area (Å²) in [6.07, 6.45) is 4.25. The standard InChI is InChI=1S/C13H17Cl/c1-3-11(2)9-10-13(14)12-7-5-4-6-8-12/h3-8,13H,9-10H2,1-2H3. The van der Waals surface area contributed by atoms with E-state index in [1.54, 1.807) is 0 Å². The van der Waals surface area contributed by atoms with E-state index in [0.717, 1.165) is 12.8 Å². The van der Waals surface area contributed by atoms with Gasteiger partial charge < -0.3 is 0 Å². The maximum Gasteiger partial charge on any atom is 0.0588 e. The van der Waals surface area contributed by atoms with Crippen molar-refractivity contribution in [2.45, 2.75) is 32.1 Å². The maximum absolute atomic E-state index is 6.28. The minimum absolute atomic E-state index is 0.145. The van der Waals surface area contributed by atoms with Gasteiger partial charge in [0.15, 0.2) is 0 Å². The van der Waals surface area contributed by atoms with Crippen LogP contribution in [0.25, 0.3) is 0 Å². The smallest absolute Gasteiger partial charge is 0.0588 e. The van der Waals surface area contributed by atoms with E-state index in [1.165, 1.54) is 11.1 Å². The molecule has 1 heteroatoms. The summed E-state index contributed by atoms with van der Waals surface area (Å²) < 4.78 is 0. The van der Waals surface area contributed by atoms with Crippen molar-refractivity contribution in [1.82, 2.24) is 0 Å². The highest BCUT2D eigenvalue weighted by Gasteiger charge is 2.06. The van der Waals surface area contributed by atoms with Gasteiger partial charge in [-0.15, -0.1) is 11.6 Å². The fourth-order valence-corrected chi connectivity index (χ4v) is 1.58. The van der Waals surface area contributed by atoms with Gasteiger partial charge in [-0.05, 0) is 32.3 Å². The van der Waals surface area contributed by atoms with E-state index in [4.69, 9.17) is 11.6 Å². The molecule has 0 bridgehead atoms. The topological polar surface area (TPSA) is 0 Å². The molecular weight excluding hydrogens is 192 g/mol. The summed E-state index contributed by atoms with van der Waals surface area (Å²) in [5, 5.41) is 0.145. The summed E-state index contributed by atoms with van der Waals surface area (Å²) in [7, 11) is 0. The second kappa shape index (κ2) is 5.87. The highest BCUT2D eigenvalue weighted by atomic mass is 35.5. The Kier molecular flexibility index (Phi) is 4.75. The molecule has 76 valence electrons. The lowest BCUT2D eigenvalue weighted by atomic mass is 10.0. The number of hydrogen-bond acceptors (Lipinski definition) is 0. The molecule has 0 N–H and O–H groups in total. The van der Waals surface area contributed by atoms with E-state index in [2.05, 4.69) is 32.1 Å². The Labute approximate surface area is 91.6 Å². The highest BCUT2D eigenvalue weighted by molar-refractivity contribution is 6.20. The molecule has 0 aliphatic heterocycles. The summed E-state index contributed by atoms with van der Waals surface area (Å²) in [4.78, 5) is 0. The van der Waals surface area contributed by atoms with Crippen molar-refractivity contribution in [1.29, 1.82) is 0 Å². The minimum Gasteiger partial charge on any atom is -0.118 e. The summed E-state index contributed by atoms with van der Waals surface area (Å²) >= 11 is 6.28. The number of allylic oxidation sites excluding steroid dienone is 2. The molecule has 0 fully saturated rings. The second-order valence-electron chi connectivity index (χ2n) is 3.55. The van der Waals surface area contributed by atoms with Gasteiger partial charge in [-0.3, -0.25) is 0 Å². The van der Waals surface area contributed by atoms with Crippen LogP contribution in [-0.2, 0) is 0 Å². The van der Waals surface area contributed by atoms with Crippen molar-refractivity contribution in [3.63, 3.8) is 0 Å². The molecule has 0 aliphatic carbocycles. The zero-order valence-corrected chi connectivity index (χ0v) is 9.59. The molecule has 0 spiro atoms. The molecule has 1 unspecified atom stereocenters. The first-order valence-corrected chi connectivity index (χ1v) is 5.48. The lowest BCUT2D eigenvalue weighted by molar-refractivity contribution is 0.785. The number of alkyl halides is 1. The summed E-state index contributed by atoms with van der Waals surface area (Å²) in [6.45, 7) is 4.22. The Hall–Kier alpha value is -0.750. The van der Waals surface area contributed by atoms with Crippen molar-refractivity contribution in [2.75, 3.05) is 0 Å². The third-order valence-corrected chi connectivity index (χ3v) is 2.92. The van der Waals surface area contributed by atoms with Gasteiger partial charge in [-0.2, -0.15) is 0 Å². The van der Waals surface area contributed by atoms with Crippen molar-refractivity contribution >= 4 is 11.6 Å². The van der Waals surface area contributed by atoms with Gasteiger partial charge in [0.2, 0.25) is 0 Å². The maximum atomic E-state index is 6.28. The van der Waals surface area contributed by atoms with Gasteiger partial charge in [0, 0.05) is 0 Å². The van der Waals surface area contributed by atoms with Crippen LogP contribution in [0, 0.1) is 0 Å². The van der Waals surface area contributed by atoms with Crippen LogP contribution in [0.4, 0.5) is 0 Å². The molecule has 1 atom stereocenters. The van der Waals surface area contributed by atoms with Gasteiger partial charge in [-0.25, -0.2) is 0 Å². The summed E-state index contributed by atoms with van der Waals surface area (Å²) in [5.74, 6) is 0. The quantitative estimate of drug-likeness (QED) is 0.497. The zero-order valence-electron chi connectivity index (χ0n) is 8.83. The van der Waals surface area contributed by atoms with Crippen LogP contribution >= 0.6 is 11.6 Å². The fraction of sp³-hybridized carbons (Fsp3) is 0.385. The van der Waals surface area contributed by atoms with Crippen LogP contribution in [0.15, 0.2) is 42.0 Å². The number of halogens is 1. The van der Waals surface area contributed by atoms with Gasteiger partial charge in [0.05, 0.1) is 5.38 Å². The van der Waals surface area contributed by atoms with Crippen molar-refractivity contribution in [2.24, 2.45) is 0 Å². The fourth-order valence-electron chi connectivity index (χ4n) is 1.33. The average molecular weight is 209 g/mol. The molecule has 0 aliphatic rings. The Balaban J connectivity index is 2.47. The third-order valence-electron chi connectivity index (χ3n) is 2.45. The summed E-state index contributed by atoms with van der Waals surface area (Å²) in [6, 6.07) is 10.3. The van der Waals surface area contributed by atoms with E-state index >= 15 is 0 Å². The molecule has 14 heavy (non-hydrogen) atoms. The van der Waals surface area contributed by atoms with Crippen LogP contribution in [0.3, 0.4) is 0 Å². The highest BCUT2D eigenvalue weighted by Crippen LogP contribution is 2.26. The predicted octanol–water partition coefficient (Wildman–Crippen LogP) is 4.71. The first-order valence-electron chi connectivity index (χ1n) is 5.05. The van der Waals surface area contributed by atoms with Crippen LogP contribution < -0.4 is 0 Å². The Bertz CT molecular complexity index is 287. The van der Waals surface area contributed by atoms with Gasteiger partial charge in [0.1, 0.15) is 0 Å². The molecule has 0 nitrogen and oxygen atoms in total. The Morgan fingerprint density at radius 1 is 1.36 bits per heavy atom. The van der Waals surface area contributed by atoms with Gasteiger partial charge >= 0.3 is 0 Å². The second-order valence-corrected chi connectivity index (χ2v) is 4.08. The molecule has 0 radical (unpaired) electrons. The van der Waals surface area contributed by atoms with E-state index in [9.17, 15) is 0 Å². The zero-order chi connectivity index (χ0) is 10.4. The molecule has 0 saturated carbocycles. The molecular formula is C13H17Cl. The summed E-state index contributed by atoms with van der Waals surface area (Å²) in [5.41, 5.74) is 2.63. The van der Waals surface area contributed by atoms with Gasteiger partial charge in [-0.1, -0.05) is 42.0 Å². The van der Waals surface area contributed by atoms with Crippen LogP contribution in [-0.4, -0.2) is 0 Å². The first-order chi connectivity index (χ1) is 6.74. The van der Waals surface area contributed by atoms with E-state index in [-0.39, 0.29) is 5.38 Å². The predicted molar refractivity (Wildman–Crippen MR) is 63.7 cm³/mol. The van der Waals surface area contributed by atoms with Crippen molar-refractivity contribution < 1.29 is 0 Å². The van der Waals surface area contributed by atoms with E-state index in [0.29, 0.717) is 0 Å². The number of rotatable bonds is 4. The number of benzene rings is 1. The molecule has 0 heterocycles. The molecule has 0 amide bonds. The lowest BCUT2D eigenvalue weighted by Crippen LogP contribution is -1.90. The normalized spacial score (nSPS) is 14.1. The monoisotopic (exact) mass is 208 g/mol. The average Bonchev–Trinajstić information content (AvgIpc) is 2.26. The van der Waals surface area contributed by atoms with E-state index in [1.807, 2.05) is 18.2 Å². The number of hydrogen-bond donors (Lipinski definition) is 0. The van der Waals surface area contributed by atoms with Crippen LogP contribution in [0.2, 0.25) is 0 Å². The van der Waals surface area contributed by atoms with Crippen molar-refractivity contribution in [3.05, 3.63) is 47.5 Å². The molecule has 1 aromatic rings. The first kappa shape index (κ1) is 11.3.